The van der Waals surface area contributed by atoms with Gasteiger partial charge in [0.2, 0.25) is 15.9 Å². The van der Waals surface area contributed by atoms with Crippen LogP contribution in [0.15, 0.2) is 53.4 Å². The lowest BCUT2D eigenvalue weighted by Crippen LogP contribution is -2.41. The van der Waals surface area contributed by atoms with E-state index in [0.717, 1.165) is 12.0 Å². The van der Waals surface area contributed by atoms with Crippen LogP contribution in [0.1, 0.15) is 18.9 Å². The van der Waals surface area contributed by atoms with E-state index in [4.69, 9.17) is 0 Å². The Morgan fingerprint density at radius 1 is 1.12 bits per heavy atom. The highest BCUT2D eigenvalue weighted by atomic mass is 32.2. The van der Waals surface area contributed by atoms with Crippen molar-refractivity contribution < 1.29 is 17.6 Å². The van der Waals surface area contributed by atoms with Crippen LogP contribution in [-0.2, 0) is 21.2 Å². The van der Waals surface area contributed by atoms with Crippen LogP contribution >= 0.6 is 0 Å². The van der Waals surface area contributed by atoms with E-state index in [1.807, 2.05) is 6.92 Å². The molecule has 0 spiro atoms. The van der Waals surface area contributed by atoms with Crippen molar-refractivity contribution in [3.63, 3.8) is 0 Å². The lowest BCUT2D eigenvalue weighted by Gasteiger charge is -2.17. The van der Waals surface area contributed by atoms with Gasteiger partial charge >= 0.3 is 0 Å². The van der Waals surface area contributed by atoms with Gasteiger partial charge in [-0.3, -0.25) is 4.79 Å². The molecule has 25 heavy (non-hydrogen) atoms. The molecule has 1 unspecified atom stereocenters. The van der Waals surface area contributed by atoms with E-state index in [9.17, 15) is 17.6 Å². The lowest BCUT2D eigenvalue weighted by atomic mass is 10.2. The molecule has 1 amide bonds. The van der Waals surface area contributed by atoms with Crippen molar-refractivity contribution in [3.8, 4) is 0 Å². The molecule has 5 nitrogen and oxygen atoms in total. The monoisotopic (exact) mass is 362 g/mol. The summed E-state index contributed by atoms with van der Waals surface area (Å²) in [5.74, 6) is -0.719. The van der Waals surface area contributed by atoms with Crippen LogP contribution in [0.5, 0.6) is 0 Å². The van der Waals surface area contributed by atoms with Crippen molar-refractivity contribution in [1.82, 2.24) is 4.72 Å². The number of carbonyl (C=O) groups is 1. The third-order valence-corrected chi connectivity index (χ3v) is 5.77. The zero-order valence-corrected chi connectivity index (χ0v) is 14.6. The van der Waals surface area contributed by atoms with Crippen molar-refractivity contribution in [2.75, 3.05) is 11.4 Å². The Balaban J connectivity index is 1.74. The van der Waals surface area contributed by atoms with E-state index in [2.05, 4.69) is 4.72 Å². The standard InChI is InChI=1S/C18H19FN2O3S/c1-2-13-3-9-16(10-4-13)25(23,24)20-17-11-12-21(18(17)22)15-7-5-14(19)6-8-15/h3-10,17,20H,2,11-12H2,1H3. The van der Waals surface area contributed by atoms with Crippen LogP contribution in [0, 0.1) is 5.82 Å². The van der Waals surface area contributed by atoms with E-state index in [1.54, 1.807) is 24.3 Å². The van der Waals surface area contributed by atoms with Crippen molar-refractivity contribution in [3.05, 3.63) is 59.9 Å². The summed E-state index contributed by atoms with van der Waals surface area (Å²) in [5, 5.41) is 0. The van der Waals surface area contributed by atoms with E-state index in [-0.39, 0.29) is 16.6 Å². The summed E-state index contributed by atoms with van der Waals surface area (Å²) >= 11 is 0. The van der Waals surface area contributed by atoms with Crippen LogP contribution < -0.4 is 9.62 Å². The summed E-state index contributed by atoms with van der Waals surface area (Å²) in [6, 6.07) is 11.3. The Morgan fingerprint density at radius 2 is 1.76 bits per heavy atom. The average molecular weight is 362 g/mol. The summed E-state index contributed by atoms with van der Waals surface area (Å²) < 4.78 is 40.5. The van der Waals surface area contributed by atoms with Gasteiger partial charge < -0.3 is 4.90 Å². The SMILES string of the molecule is CCc1ccc(S(=O)(=O)NC2CCN(c3ccc(F)cc3)C2=O)cc1. The summed E-state index contributed by atoms with van der Waals surface area (Å²) in [6.07, 6.45) is 1.18. The van der Waals surface area contributed by atoms with Gasteiger partial charge in [-0.25, -0.2) is 12.8 Å². The van der Waals surface area contributed by atoms with Gasteiger partial charge in [-0.2, -0.15) is 4.72 Å². The molecule has 0 aromatic heterocycles. The molecule has 0 aliphatic carbocycles. The molecular formula is C18H19FN2O3S. The van der Waals surface area contributed by atoms with Gasteiger partial charge in [0.15, 0.2) is 0 Å². The number of hydrogen-bond acceptors (Lipinski definition) is 3. The minimum Gasteiger partial charge on any atom is -0.311 e. The molecule has 1 saturated heterocycles. The van der Waals surface area contributed by atoms with Crippen LogP contribution in [0.25, 0.3) is 0 Å². The maximum absolute atomic E-state index is 13.0. The number of aryl methyl sites for hydroxylation is 1. The molecule has 0 bridgehead atoms. The molecule has 1 fully saturated rings. The first-order valence-corrected chi connectivity index (χ1v) is 9.57. The number of carbonyl (C=O) groups excluding carboxylic acids is 1. The van der Waals surface area contributed by atoms with Gasteiger partial charge in [-0.1, -0.05) is 19.1 Å². The van der Waals surface area contributed by atoms with Gasteiger partial charge in [0, 0.05) is 12.2 Å². The molecular weight excluding hydrogens is 343 g/mol. The van der Waals surface area contributed by atoms with Gasteiger partial charge in [0.25, 0.3) is 0 Å². The first kappa shape index (κ1) is 17.6. The van der Waals surface area contributed by atoms with Crippen LogP contribution in [0.3, 0.4) is 0 Å². The van der Waals surface area contributed by atoms with Crippen LogP contribution in [0.2, 0.25) is 0 Å². The van der Waals surface area contributed by atoms with Crippen molar-refractivity contribution in [2.24, 2.45) is 0 Å². The van der Waals surface area contributed by atoms with E-state index < -0.39 is 16.1 Å². The number of benzene rings is 2. The fourth-order valence-electron chi connectivity index (χ4n) is 2.83. The molecule has 0 saturated carbocycles. The molecule has 7 heteroatoms. The Bertz CT molecular complexity index is 864. The lowest BCUT2D eigenvalue weighted by molar-refractivity contribution is -0.118. The highest BCUT2D eigenvalue weighted by molar-refractivity contribution is 7.89. The number of halogens is 1. The van der Waals surface area contributed by atoms with Gasteiger partial charge in [0.1, 0.15) is 11.9 Å². The minimum atomic E-state index is -3.77. The van der Waals surface area contributed by atoms with Gasteiger partial charge in [-0.05, 0) is 54.8 Å². The predicted octanol–water partition coefficient (Wildman–Crippen LogP) is 2.47. The highest BCUT2D eigenvalue weighted by Crippen LogP contribution is 2.23. The predicted molar refractivity (Wildman–Crippen MR) is 93.3 cm³/mol. The molecule has 1 N–H and O–H groups in total. The third-order valence-electron chi connectivity index (χ3n) is 4.28. The normalized spacial score (nSPS) is 17.9. The summed E-state index contributed by atoms with van der Waals surface area (Å²) in [7, 11) is -3.77. The number of sulfonamides is 1. The summed E-state index contributed by atoms with van der Waals surface area (Å²) in [5.41, 5.74) is 1.60. The zero-order chi connectivity index (χ0) is 18.0. The fourth-order valence-corrected chi connectivity index (χ4v) is 4.05. The van der Waals surface area contributed by atoms with Crippen molar-refractivity contribution in [1.29, 1.82) is 0 Å². The van der Waals surface area contributed by atoms with E-state index in [1.165, 1.54) is 29.2 Å². The third kappa shape index (κ3) is 3.72. The second-order valence-electron chi connectivity index (χ2n) is 5.93. The van der Waals surface area contributed by atoms with E-state index in [0.29, 0.717) is 18.7 Å². The molecule has 3 rings (SSSR count). The molecule has 2 aromatic carbocycles. The molecule has 1 heterocycles. The van der Waals surface area contributed by atoms with E-state index >= 15 is 0 Å². The minimum absolute atomic E-state index is 0.137. The summed E-state index contributed by atoms with van der Waals surface area (Å²) in [4.78, 5) is 14.1. The number of hydrogen-bond donors (Lipinski definition) is 1. The Labute approximate surface area is 146 Å². The molecule has 2 aromatic rings. The molecule has 132 valence electrons. The number of rotatable bonds is 5. The first-order valence-electron chi connectivity index (χ1n) is 8.09. The Hall–Kier alpha value is -2.25. The Kier molecular flexibility index (Phi) is 4.87. The van der Waals surface area contributed by atoms with Crippen LogP contribution in [0.4, 0.5) is 10.1 Å². The zero-order valence-electron chi connectivity index (χ0n) is 13.8. The Morgan fingerprint density at radius 3 is 2.36 bits per heavy atom. The van der Waals surface area contributed by atoms with Crippen LogP contribution in [-0.4, -0.2) is 26.9 Å². The molecule has 0 radical (unpaired) electrons. The largest absolute Gasteiger partial charge is 0.311 e. The number of nitrogens with one attached hydrogen (secondary N) is 1. The van der Waals surface area contributed by atoms with Crippen molar-refractivity contribution in [2.45, 2.75) is 30.7 Å². The number of nitrogens with zero attached hydrogens (tertiary/aromatic N) is 1. The van der Waals surface area contributed by atoms with Gasteiger partial charge in [-0.15, -0.1) is 0 Å². The maximum atomic E-state index is 13.0. The molecule has 1 aliphatic rings. The number of anilines is 1. The maximum Gasteiger partial charge on any atom is 0.245 e. The second kappa shape index (κ2) is 6.93. The van der Waals surface area contributed by atoms with Crippen molar-refractivity contribution >= 4 is 21.6 Å². The topological polar surface area (TPSA) is 66.5 Å². The molecule has 1 aliphatic heterocycles. The fraction of sp³-hybridized carbons (Fsp3) is 0.278. The quantitative estimate of drug-likeness (QED) is 0.889. The second-order valence-corrected chi connectivity index (χ2v) is 7.64. The smallest absolute Gasteiger partial charge is 0.245 e. The van der Waals surface area contributed by atoms with Gasteiger partial charge in [0.05, 0.1) is 4.90 Å². The number of amides is 1. The summed E-state index contributed by atoms with van der Waals surface area (Å²) in [6.45, 7) is 2.37. The highest BCUT2D eigenvalue weighted by Gasteiger charge is 2.35. The average Bonchev–Trinajstić information content (AvgIpc) is 2.96. The first-order chi connectivity index (χ1) is 11.9. The molecule has 1 atom stereocenters.